The molecule has 4 heterocycles. The molecule has 9 heteroatoms. The summed E-state index contributed by atoms with van der Waals surface area (Å²) in [6.45, 7) is 7.07. The van der Waals surface area contributed by atoms with E-state index in [1.54, 1.807) is 30.5 Å². The van der Waals surface area contributed by atoms with E-state index in [2.05, 4.69) is 24.9 Å². The van der Waals surface area contributed by atoms with Crippen molar-refractivity contribution in [3.05, 3.63) is 47.3 Å². The quantitative estimate of drug-likeness (QED) is 0.491. The van der Waals surface area contributed by atoms with Crippen LogP contribution >= 0.6 is 11.3 Å². The standard InChI is InChI=1S/C22H27N5O3S/c1-2-29-22(28)17-8-9-19(23-16-17)27-12-5-11-26(13-14-27)10-3-7-20-24-21(25-30-20)18-6-4-15-31-18/h4,6,8-9,15-16H,2-3,5,7,10-14H2,1H3. The summed E-state index contributed by atoms with van der Waals surface area (Å²) in [5, 5.41) is 6.09. The van der Waals surface area contributed by atoms with Crippen LogP contribution < -0.4 is 4.90 Å². The van der Waals surface area contributed by atoms with Crippen LogP contribution in [0.2, 0.25) is 0 Å². The molecule has 0 aromatic carbocycles. The Labute approximate surface area is 185 Å². The molecule has 1 aliphatic heterocycles. The van der Waals surface area contributed by atoms with Crippen LogP contribution in [0.5, 0.6) is 0 Å². The van der Waals surface area contributed by atoms with Crippen molar-refractivity contribution < 1.29 is 14.1 Å². The molecule has 3 aromatic rings. The van der Waals surface area contributed by atoms with E-state index < -0.39 is 0 Å². The predicted molar refractivity (Wildman–Crippen MR) is 119 cm³/mol. The molecule has 0 spiro atoms. The maximum Gasteiger partial charge on any atom is 0.339 e. The van der Waals surface area contributed by atoms with Gasteiger partial charge < -0.3 is 19.1 Å². The number of carbonyl (C=O) groups excluding carboxylic acids is 1. The number of aryl methyl sites for hydroxylation is 1. The van der Waals surface area contributed by atoms with Crippen LogP contribution in [-0.2, 0) is 11.2 Å². The van der Waals surface area contributed by atoms with Crippen LogP contribution in [0.4, 0.5) is 5.82 Å². The van der Waals surface area contributed by atoms with Crippen molar-refractivity contribution in [2.45, 2.75) is 26.2 Å². The minimum absolute atomic E-state index is 0.327. The lowest BCUT2D eigenvalue weighted by atomic mass is 10.2. The van der Waals surface area contributed by atoms with Gasteiger partial charge in [0.1, 0.15) is 5.82 Å². The van der Waals surface area contributed by atoms with Gasteiger partial charge in [-0.3, -0.25) is 0 Å². The summed E-state index contributed by atoms with van der Waals surface area (Å²) < 4.78 is 10.4. The third-order valence-corrected chi connectivity index (χ3v) is 6.11. The van der Waals surface area contributed by atoms with Crippen molar-refractivity contribution in [1.29, 1.82) is 0 Å². The first-order valence-electron chi connectivity index (χ1n) is 10.7. The van der Waals surface area contributed by atoms with Crippen LogP contribution in [0.15, 0.2) is 40.4 Å². The Hall–Kier alpha value is -2.78. The fourth-order valence-corrected chi connectivity index (χ4v) is 4.30. The first kappa shape index (κ1) is 21.5. The predicted octanol–water partition coefficient (Wildman–Crippen LogP) is 3.51. The molecule has 0 unspecified atom stereocenters. The number of anilines is 1. The van der Waals surface area contributed by atoms with Crippen molar-refractivity contribution >= 4 is 23.1 Å². The highest BCUT2D eigenvalue weighted by Crippen LogP contribution is 2.21. The highest BCUT2D eigenvalue weighted by Gasteiger charge is 2.17. The molecule has 0 N–H and O–H groups in total. The second kappa shape index (κ2) is 10.5. The van der Waals surface area contributed by atoms with Gasteiger partial charge in [0.05, 0.1) is 17.0 Å². The van der Waals surface area contributed by atoms with Crippen LogP contribution in [-0.4, -0.2) is 65.3 Å². The van der Waals surface area contributed by atoms with Gasteiger partial charge in [-0.15, -0.1) is 11.3 Å². The van der Waals surface area contributed by atoms with Gasteiger partial charge >= 0.3 is 5.97 Å². The van der Waals surface area contributed by atoms with Crippen LogP contribution in [0.3, 0.4) is 0 Å². The van der Waals surface area contributed by atoms with E-state index in [1.807, 2.05) is 23.6 Å². The van der Waals surface area contributed by atoms with Gasteiger partial charge in [-0.25, -0.2) is 9.78 Å². The Balaban J connectivity index is 1.23. The minimum Gasteiger partial charge on any atom is -0.462 e. The van der Waals surface area contributed by atoms with Crippen molar-refractivity contribution in [1.82, 2.24) is 20.0 Å². The highest BCUT2D eigenvalue weighted by molar-refractivity contribution is 7.13. The molecule has 0 saturated carbocycles. The lowest BCUT2D eigenvalue weighted by Gasteiger charge is -2.22. The van der Waals surface area contributed by atoms with Gasteiger partial charge in [0.25, 0.3) is 0 Å². The summed E-state index contributed by atoms with van der Waals surface area (Å²) in [6.07, 6.45) is 4.45. The fraction of sp³-hybridized carbons (Fsp3) is 0.455. The second-order valence-electron chi connectivity index (χ2n) is 7.40. The van der Waals surface area contributed by atoms with Gasteiger partial charge in [0, 0.05) is 32.3 Å². The van der Waals surface area contributed by atoms with Crippen molar-refractivity contribution in [3.63, 3.8) is 0 Å². The fourth-order valence-electron chi connectivity index (χ4n) is 3.65. The third-order valence-electron chi connectivity index (χ3n) is 5.25. The summed E-state index contributed by atoms with van der Waals surface area (Å²) in [6, 6.07) is 7.69. The van der Waals surface area contributed by atoms with Crippen molar-refractivity contribution in [2.24, 2.45) is 0 Å². The molecule has 164 valence electrons. The number of hydrogen-bond donors (Lipinski definition) is 0. The third kappa shape index (κ3) is 5.68. The Kier molecular flexibility index (Phi) is 7.26. The maximum atomic E-state index is 11.8. The SMILES string of the molecule is CCOC(=O)c1ccc(N2CCCN(CCCc3nc(-c4cccs4)no3)CC2)nc1. The largest absolute Gasteiger partial charge is 0.462 e. The van der Waals surface area contributed by atoms with Gasteiger partial charge in [0.15, 0.2) is 0 Å². The Bertz CT molecular complexity index is 958. The van der Waals surface area contributed by atoms with E-state index in [9.17, 15) is 4.79 Å². The number of esters is 1. The molecule has 8 nitrogen and oxygen atoms in total. The molecule has 4 rings (SSSR count). The molecular formula is C22H27N5O3S. The number of aromatic nitrogens is 3. The smallest absolute Gasteiger partial charge is 0.339 e. The summed E-state index contributed by atoms with van der Waals surface area (Å²) in [5.41, 5.74) is 0.491. The van der Waals surface area contributed by atoms with E-state index in [1.165, 1.54) is 0 Å². The molecule has 0 bridgehead atoms. The lowest BCUT2D eigenvalue weighted by Crippen LogP contribution is -2.32. The molecule has 0 amide bonds. The number of pyridine rings is 1. The molecule has 31 heavy (non-hydrogen) atoms. The Morgan fingerprint density at radius 3 is 2.94 bits per heavy atom. The zero-order valence-corrected chi connectivity index (χ0v) is 18.5. The minimum atomic E-state index is -0.327. The molecule has 1 aliphatic rings. The number of nitrogens with zero attached hydrogens (tertiary/aromatic N) is 5. The summed E-state index contributed by atoms with van der Waals surface area (Å²) >= 11 is 1.61. The molecule has 3 aromatic heterocycles. The highest BCUT2D eigenvalue weighted by atomic mass is 32.1. The van der Waals surface area contributed by atoms with Crippen LogP contribution in [0.25, 0.3) is 10.7 Å². The maximum absolute atomic E-state index is 11.8. The summed E-state index contributed by atoms with van der Waals surface area (Å²) in [7, 11) is 0. The molecule has 1 fully saturated rings. The van der Waals surface area contributed by atoms with Crippen LogP contribution in [0, 0.1) is 0 Å². The number of ether oxygens (including phenoxy) is 1. The normalized spacial score (nSPS) is 15.1. The van der Waals surface area contributed by atoms with Gasteiger partial charge in [-0.1, -0.05) is 11.2 Å². The Morgan fingerprint density at radius 1 is 1.23 bits per heavy atom. The monoisotopic (exact) mass is 441 g/mol. The molecule has 0 radical (unpaired) electrons. The average molecular weight is 442 g/mol. The topological polar surface area (TPSA) is 84.6 Å². The summed E-state index contributed by atoms with van der Waals surface area (Å²) in [4.78, 5) is 26.6. The van der Waals surface area contributed by atoms with Gasteiger partial charge in [-0.2, -0.15) is 4.98 Å². The number of hydrogen-bond acceptors (Lipinski definition) is 9. The zero-order chi connectivity index (χ0) is 21.5. The number of carbonyl (C=O) groups is 1. The van der Waals surface area contributed by atoms with Gasteiger partial charge in [-0.05, 0) is 56.4 Å². The zero-order valence-electron chi connectivity index (χ0n) is 17.7. The van der Waals surface area contributed by atoms with Crippen LogP contribution in [0.1, 0.15) is 36.0 Å². The van der Waals surface area contributed by atoms with Crippen molar-refractivity contribution in [2.75, 3.05) is 44.2 Å². The van der Waals surface area contributed by atoms with Gasteiger partial charge in [0.2, 0.25) is 11.7 Å². The average Bonchev–Trinajstić information content (AvgIpc) is 3.43. The van der Waals surface area contributed by atoms with Crippen molar-refractivity contribution in [3.8, 4) is 10.7 Å². The number of rotatable bonds is 8. The lowest BCUT2D eigenvalue weighted by molar-refractivity contribution is 0.0526. The van der Waals surface area contributed by atoms with E-state index in [4.69, 9.17) is 9.26 Å². The van der Waals surface area contributed by atoms with E-state index in [-0.39, 0.29) is 5.97 Å². The summed E-state index contributed by atoms with van der Waals surface area (Å²) in [5.74, 6) is 1.96. The molecule has 1 saturated heterocycles. The molecular weight excluding hydrogens is 414 g/mol. The first-order chi connectivity index (χ1) is 15.2. The first-order valence-corrected chi connectivity index (χ1v) is 11.6. The molecule has 0 atom stereocenters. The molecule has 0 aliphatic carbocycles. The Morgan fingerprint density at radius 2 is 2.16 bits per heavy atom. The van der Waals surface area contributed by atoms with E-state index in [0.29, 0.717) is 23.9 Å². The number of thiophene rings is 1. The second-order valence-corrected chi connectivity index (χ2v) is 8.35. The van der Waals surface area contributed by atoms with E-state index >= 15 is 0 Å². The van der Waals surface area contributed by atoms with E-state index in [0.717, 1.165) is 62.7 Å².